The lowest BCUT2D eigenvalue weighted by molar-refractivity contribution is -0.128. The number of anilines is 2. The summed E-state index contributed by atoms with van der Waals surface area (Å²) in [4.78, 5) is 29.4. The maximum atomic E-state index is 14.6. The van der Waals surface area contributed by atoms with Gasteiger partial charge in [0.05, 0.1) is 34.9 Å². The fraction of sp³-hybridized carbons (Fsp3) is 0.514. The molecule has 0 radical (unpaired) electrons. The molecule has 3 saturated heterocycles. The van der Waals surface area contributed by atoms with E-state index in [1.807, 2.05) is 36.9 Å². The molecule has 3 aromatic rings. The highest BCUT2D eigenvalue weighted by Crippen LogP contribution is 2.44. The third-order valence-corrected chi connectivity index (χ3v) is 10.5. The van der Waals surface area contributed by atoms with E-state index in [0.717, 1.165) is 35.2 Å². The van der Waals surface area contributed by atoms with Crippen LogP contribution in [0.25, 0.3) is 10.8 Å². The van der Waals surface area contributed by atoms with Crippen molar-refractivity contribution in [3.63, 3.8) is 0 Å². The number of benzene rings is 2. The van der Waals surface area contributed by atoms with E-state index < -0.39 is 35.6 Å². The zero-order valence-electron chi connectivity index (χ0n) is 29.3. The van der Waals surface area contributed by atoms with Gasteiger partial charge >= 0.3 is 6.01 Å². The first-order chi connectivity index (χ1) is 24.6. The van der Waals surface area contributed by atoms with Crippen LogP contribution < -0.4 is 14.5 Å². The van der Waals surface area contributed by atoms with E-state index in [1.165, 1.54) is 17.9 Å². The Morgan fingerprint density at radius 1 is 1.10 bits per heavy atom. The predicted molar refractivity (Wildman–Crippen MR) is 191 cm³/mol. The molecule has 4 aliphatic rings. The summed E-state index contributed by atoms with van der Waals surface area (Å²) >= 11 is 6.47. The summed E-state index contributed by atoms with van der Waals surface area (Å²) in [5, 5.41) is 8.84. The van der Waals surface area contributed by atoms with Crippen molar-refractivity contribution in [1.29, 1.82) is 5.26 Å². The number of ether oxygens (including phenoxy) is 1. The van der Waals surface area contributed by atoms with Gasteiger partial charge in [-0.05, 0) is 56.2 Å². The predicted octanol–water partition coefficient (Wildman–Crippen LogP) is 7.31. The number of piperazine rings is 1. The first kappa shape index (κ1) is 38.1. The Morgan fingerprint density at radius 2 is 1.82 bits per heavy atom. The second kappa shape index (κ2) is 16.5. The molecule has 274 valence electrons. The number of carbonyl (C=O) groups excluding carboxylic acids is 1. The lowest BCUT2D eigenvalue weighted by Crippen LogP contribution is -2.50. The van der Waals surface area contributed by atoms with Gasteiger partial charge in [-0.3, -0.25) is 9.69 Å². The Morgan fingerprint density at radius 3 is 2.51 bits per heavy atom. The lowest BCUT2D eigenvalue weighted by atomic mass is 9.95. The number of nitriles is 1. The molecule has 5 heterocycles. The van der Waals surface area contributed by atoms with Gasteiger partial charge in [0, 0.05) is 56.3 Å². The molecule has 3 fully saturated rings. The number of rotatable bonds is 7. The summed E-state index contributed by atoms with van der Waals surface area (Å²) in [5.41, 5.74) is 1.99. The van der Waals surface area contributed by atoms with Crippen molar-refractivity contribution < 1.29 is 27.1 Å². The highest BCUT2D eigenvalue weighted by molar-refractivity contribution is 6.36. The van der Waals surface area contributed by atoms with Crippen LogP contribution in [0.2, 0.25) is 5.02 Å². The monoisotopic (exact) mass is 729 g/mol. The zero-order chi connectivity index (χ0) is 36.9. The molecular formula is C37H44ClF4N7O2. The normalized spacial score (nSPS) is 21.3. The SMILES string of the molecule is C=C(F)C(=O)N1CCN(c2nc(OCC34CCCN3C(C(F)F)CC4)nc3c2CCN(c2cccc4ccc(F)c(Cl)c24)C3)CC1.CC.CC#N. The van der Waals surface area contributed by atoms with Gasteiger partial charge in [-0.2, -0.15) is 15.2 Å². The number of aromatic nitrogens is 2. The van der Waals surface area contributed by atoms with Gasteiger partial charge in [0.15, 0.2) is 5.83 Å². The molecule has 7 rings (SSSR count). The summed E-state index contributed by atoms with van der Waals surface area (Å²) < 4.78 is 62.0. The fourth-order valence-corrected chi connectivity index (χ4v) is 8.04. The third-order valence-electron chi connectivity index (χ3n) is 10.1. The van der Waals surface area contributed by atoms with Crippen molar-refractivity contribution in [2.24, 2.45) is 0 Å². The number of fused-ring (bicyclic) bond motifs is 3. The quantitative estimate of drug-likeness (QED) is 0.185. The number of halogens is 5. The molecule has 0 bridgehead atoms. The molecule has 51 heavy (non-hydrogen) atoms. The molecule has 1 aromatic heterocycles. The van der Waals surface area contributed by atoms with Crippen molar-refractivity contribution in [3.8, 4) is 12.1 Å². The molecule has 0 aliphatic carbocycles. The van der Waals surface area contributed by atoms with E-state index in [1.54, 1.807) is 12.1 Å². The average molecular weight is 730 g/mol. The highest BCUT2D eigenvalue weighted by Gasteiger charge is 2.52. The summed E-state index contributed by atoms with van der Waals surface area (Å²) in [7, 11) is 0. The van der Waals surface area contributed by atoms with E-state index in [0.29, 0.717) is 76.3 Å². The smallest absolute Gasteiger partial charge is 0.318 e. The summed E-state index contributed by atoms with van der Waals surface area (Å²) in [6.45, 7) is 11.8. The minimum atomic E-state index is -2.41. The van der Waals surface area contributed by atoms with Crippen LogP contribution >= 0.6 is 11.6 Å². The average Bonchev–Trinajstić information content (AvgIpc) is 3.72. The number of hydrogen-bond donors (Lipinski definition) is 0. The number of carbonyl (C=O) groups is 1. The van der Waals surface area contributed by atoms with Crippen molar-refractivity contribution in [1.82, 2.24) is 19.8 Å². The molecule has 0 saturated carbocycles. The molecule has 4 aliphatic heterocycles. The number of nitrogens with zero attached hydrogens (tertiary/aromatic N) is 7. The maximum absolute atomic E-state index is 14.6. The molecule has 2 atom stereocenters. The molecule has 0 spiro atoms. The van der Waals surface area contributed by atoms with Gasteiger partial charge in [-0.1, -0.05) is 50.2 Å². The maximum Gasteiger partial charge on any atom is 0.318 e. The van der Waals surface area contributed by atoms with Crippen molar-refractivity contribution in [2.45, 2.75) is 77.4 Å². The molecule has 2 unspecified atom stereocenters. The third kappa shape index (κ3) is 7.72. The van der Waals surface area contributed by atoms with Crippen LogP contribution in [0.1, 0.15) is 57.7 Å². The van der Waals surface area contributed by atoms with Crippen molar-refractivity contribution in [2.75, 3.05) is 55.7 Å². The fourth-order valence-electron chi connectivity index (χ4n) is 7.77. The van der Waals surface area contributed by atoms with Crippen LogP contribution in [0, 0.1) is 17.1 Å². The van der Waals surface area contributed by atoms with E-state index in [4.69, 9.17) is 31.6 Å². The molecule has 1 amide bonds. The summed E-state index contributed by atoms with van der Waals surface area (Å²) in [6.07, 6.45) is 0.837. The second-order valence-electron chi connectivity index (χ2n) is 12.8. The van der Waals surface area contributed by atoms with Crippen LogP contribution in [0.15, 0.2) is 42.7 Å². The van der Waals surface area contributed by atoms with Crippen molar-refractivity contribution >= 4 is 39.8 Å². The van der Waals surface area contributed by atoms with Gasteiger partial charge in [0.2, 0.25) is 0 Å². The Bertz CT molecular complexity index is 1780. The van der Waals surface area contributed by atoms with E-state index in [2.05, 4.69) is 16.4 Å². The largest absolute Gasteiger partial charge is 0.461 e. The van der Waals surface area contributed by atoms with E-state index in [-0.39, 0.29) is 17.6 Å². The van der Waals surface area contributed by atoms with Crippen LogP contribution in [0.5, 0.6) is 6.01 Å². The standard InChI is InChI=1S/C33H35ClF4N6O2.C2H3N.C2H6/c1-20(35)31(45)42-16-14-41(15-17-42)30-22-9-13-43(25-5-2-4-21-6-7-23(36)28(34)27(21)25)18-24(22)39-32(40-30)46-19-33-10-3-12-44(33)26(8-11-33)29(37)38;1-2-3;1-2/h2,4-7,26,29H,1,3,8-19H2;1H3;1-2H3. The molecule has 9 nitrogen and oxygen atoms in total. The van der Waals surface area contributed by atoms with Gasteiger partial charge in [-0.15, -0.1) is 0 Å². The van der Waals surface area contributed by atoms with Gasteiger partial charge in [0.25, 0.3) is 12.3 Å². The van der Waals surface area contributed by atoms with Crippen LogP contribution in [0.3, 0.4) is 0 Å². The van der Waals surface area contributed by atoms with Crippen LogP contribution in [0.4, 0.5) is 29.1 Å². The Balaban J connectivity index is 0.000000959. The first-order valence-corrected chi connectivity index (χ1v) is 17.8. The molecule has 14 heteroatoms. The number of hydrogen-bond acceptors (Lipinski definition) is 8. The number of amides is 1. The summed E-state index contributed by atoms with van der Waals surface area (Å²) in [6, 6.07) is 9.94. The topological polar surface area (TPSA) is 88.8 Å². The molecule has 0 N–H and O–H groups in total. The Kier molecular flexibility index (Phi) is 12.3. The second-order valence-corrected chi connectivity index (χ2v) is 13.2. The highest BCUT2D eigenvalue weighted by atomic mass is 35.5. The summed E-state index contributed by atoms with van der Waals surface area (Å²) in [5.74, 6) is -1.51. The van der Waals surface area contributed by atoms with Gasteiger partial charge in [0.1, 0.15) is 18.2 Å². The lowest BCUT2D eigenvalue weighted by Gasteiger charge is -2.38. The zero-order valence-corrected chi connectivity index (χ0v) is 30.0. The Hall–Kier alpha value is -4.15. The Labute approximate surface area is 301 Å². The molecule has 2 aromatic carbocycles. The van der Waals surface area contributed by atoms with Crippen molar-refractivity contribution in [3.05, 3.63) is 64.8 Å². The first-order valence-electron chi connectivity index (χ1n) is 17.5. The van der Waals surface area contributed by atoms with Crippen LogP contribution in [-0.2, 0) is 17.8 Å². The van der Waals surface area contributed by atoms with Crippen LogP contribution in [-0.4, -0.2) is 89.6 Å². The minimum absolute atomic E-state index is 0.0636. The molecular weight excluding hydrogens is 686 g/mol. The minimum Gasteiger partial charge on any atom is -0.461 e. The van der Waals surface area contributed by atoms with E-state index >= 15 is 0 Å². The number of alkyl halides is 2. The van der Waals surface area contributed by atoms with Gasteiger partial charge < -0.3 is 19.4 Å². The van der Waals surface area contributed by atoms with Gasteiger partial charge in [-0.25, -0.2) is 17.6 Å². The van der Waals surface area contributed by atoms with E-state index in [9.17, 15) is 22.4 Å².